The van der Waals surface area contributed by atoms with E-state index in [1.165, 1.54) is 47.7 Å². The van der Waals surface area contributed by atoms with E-state index >= 15 is 0 Å². The van der Waals surface area contributed by atoms with Gasteiger partial charge in [0.25, 0.3) is 0 Å². The second-order valence-electron chi connectivity index (χ2n) is 7.76. The Morgan fingerprint density at radius 2 is 1.77 bits per heavy atom. The molecule has 0 saturated carbocycles. The lowest BCUT2D eigenvalue weighted by Gasteiger charge is -2.34. The van der Waals surface area contributed by atoms with Crippen LogP contribution in [0.4, 0.5) is 10.2 Å². The summed E-state index contributed by atoms with van der Waals surface area (Å²) >= 11 is 0. The van der Waals surface area contributed by atoms with Crippen LogP contribution in [0.1, 0.15) is 0 Å². The molecule has 11 nitrogen and oxygen atoms in total. The molecule has 13 heteroatoms. The summed E-state index contributed by atoms with van der Waals surface area (Å²) in [6.45, 7) is 1.22. The molecule has 0 amide bonds. The van der Waals surface area contributed by atoms with E-state index in [2.05, 4.69) is 20.3 Å². The molecule has 0 atom stereocenters. The SMILES string of the molecule is COc1ccc(OC)c(S(=O)(=O)N2CCN(c3ncnc4c3nnn4-c3cccc(F)c3)CC2)c1. The molecule has 2 aromatic heterocycles. The Balaban J connectivity index is 1.40. The van der Waals surface area contributed by atoms with Crippen LogP contribution in [0.2, 0.25) is 0 Å². The van der Waals surface area contributed by atoms with Crippen molar-refractivity contribution in [3.05, 3.63) is 54.6 Å². The molecule has 1 aliphatic rings. The molecule has 2 aromatic carbocycles. The third-order valence-electron chi connectivity index (χ3n) is 5.80. The Morgan fingerprint density at radius 1 is 0.971 bits per heavy atom. The predicted octanol–water partition coefficient (Wildman–Crippen LogP) is 1.88. The lowest BCUT2D eigenvalue weighted by molar-refractivity contribution is 0.370. The van der Waals surface area contributed by atoms with Gasteiger partial charge in [0.2, 0.25) is 10.0 Å². The van der Waals surface area contributed by atoms with Gasteiger partial charge < -0.3 is 14.4 Å². The van der Waals surface area contributed by atoms with Crippen LogP contribution in [-0.4, -0.2) is 78.1 Å². The van der Waals surface area contributed by atoms with Gasteiger partial charge in [-0.2, -0.15) is 8.99 Å². The van der Waals surface area contributed by atoms with Crippen LogP contribution in [0.25, 0.3) is 16.9 Å². The minimum Gasteiger partial charge on any atom is -0.497 e. The van der Waals surface area contributed by atoms with Crippen molar-refractivity contribution in [2.75, 3.05) is 45.3 Å². The third-order valence-corrected chi connectivity index (χ3v) is 7.72. The second kappa shape index (κ2) is 9.07. The number of nitrogens with zero attached hydrogens (tertiary/aromatic N) is 7. The molecule has 0 N–H and O–H groups in total. The van der Waals surface area contributed by atoms with E-state index in [9.17, 15) is 12.8 Å². The van der Waals surface area contributed by atoms with Crippen molar-refractivity contribution in [1.82, 2.24) is 29.3 Å². The number of fused-ring (bicyclic) bond motifs is 1. The van der Waals surface area contributed by atoms with E-state index in [0.29, 0.717) is 41.5 Å². The number of benzene rings is 2. The highest BCUT2D eigenvalue weighted by Gasteiger charge is 2.32. The first-order valence-corrected chi connectivity index (χ1v) is 12.2. The summed E-state index contributed by atoms with van der Waals surface area (Å²) in [7, 11) is -0.917. The predicted molar refractivity (Wildman–Crippen MR) is 125 cm³/mol. The largest absolute Gasteiger partial charge is 0.497 e. The van der Waals surface area contributed by atoms with Gasteiger partial charge in [0.15, 0.2) is 17.0 Å². The van der Waals surface area contributed by atoms with Crippen molar-refractivity contribution in [2.45, 2.75) is 4.90 Å². The Kier molecular flexibility index (Phi) is 5.94. The minimum absolute atomic E-state index is 0.0512. The van der Waals surface area contributed by atoms with E-state index in [-0.39, 0.29) is 23.7 Å². The second-order valence-corrected chi connectivity index (χ2v) is 9.66. The molecule has 5 rings (SSSR count). The lowest BCUT2D eigenvalue weighted by Crippen LogP contribution is -2.49. The van der Waals surface area contributed by atoms with Gasteiger partial charge in [0, 0.05) is 32.2 Å². The van der Waals surface area contributed by atoms with Crippen molar-refractivity contribution < 1.29 is 22.3 Å². The van der Waals surface area contributed by atoms with Gasteiger partial charge in [-0.3, -0.25) is 0 Å². The van der Waals surface area contributed by atoms with Gasteiger partial charge in [-0.1, -0.05) is 11.3 Å². The third kappa shape index (κ3) is 4.12. The van der Waals surface area contributed by atoms with Crippen LogP contribution >= 0.6 is 0 Å². The van der Waals surface area contributed by atoms with E-state index in [0.717, 1.165) is 0 Å². The zero-order valence-electron chi connectivity index (χ0n) is 19.0. The zero-order valence-corrected chi connectivity index (χ0v) is 19.8. The van der Waals surface area contributed by atoms with Gasteiger partial charge in [0.1, 0.15) is 28.5 Å². The summed E-state index contributed by atoms with van der Waals surface area (Å²) < 4.78 is 53.8. The highest BCUT2D eigenvalue weighted by molar-refractivity contribution is 7.89. The average Bonchev–Trinajstić information content (AvgIpc) is 3.33. The lowest BCUT2D eigenvalue weighted by atomic mass is 10.3. The molecular weight excluding hydrogens is 477 g/mol. The fraction of sp³-hybridized carbons (Fsp3) is 0.273. The Hall–Kier alpha value is -3.84. The van der Waals surface area contributed by atoms with E-state index in [1.54, 1.807) is 24.3 Å². The number of rotatable bonds is 6. The number of hydrogen-bond acceptors (Lipinski definition) is 9. The van der Waals surface area contributed by atoms with Crippen LogP contribution in [0.5, 0.6) is 11.5 Å². The van der Waals surface area contributed by atoms with Gasteiger partial charge >= 0.3 is 0 Å². The number of ether oxygens (including phenoxy) is 2. The molecule has 0 aliphatic carbocycles. The summed E-state index contributed by atoms with van der Waals surface area (Å²) in [6, 6.07) is 10.6. The molecule has 182 valence electrons. The van der Waals surface area contributed by atoms with Crippen LogP contribution < -0.4 is 14.4 Å². The van der Waals surface area contributed by atoms with Crippen LogP contribution in [0, 0.1) is 5.82 Å². The highest BCUT2D eigenvalue weighted by Crippen LogP contribution is 2.32. The van der Waals surface area contributed by atoms with Crippen molar-refractivity contribution in [1.29, 1.82) is 0 Å². The fourth-order valence-electron chi connectivity index (χ4n) is 4.01. The van der Waals surface area contributed by atoms with Gasteiger partial charge in [-0.05, 0) is 30.3 Å². The molecule has 1 saturated heterocycles. The molecule has 3 heterocycles. The number of anilines is 1. The summed E-state index contributed by atoms with van der Waals surface area (Å²) in [5.74, 6) is 0.812. The molecule has 1 fully saturated rings. The van der Waals surface area contributed by atoms with Crippen LogP contribution in [0.3, 0.4) is 0 Å². The zero-order chi connectivity index (χ0) is 24.6. The normalized spacial score (nSPS) is 14.9. The first-order chi connectivity index (χ1) is 16.9. The van der Waals surface area contributed by atoms with Crippen molar-refractivity contribution in [2.24, 2.45) is 0 Å². The Morgan fingerprint density at radius 3 is 2.49 bits per heavy atom. The van der Waals surface area contributed by atoms with Crippen LogP contribution in [-0.2, 0) is 10.0 Å². The van der Waals surface area contributed by atoms with Crippen molar-refractivity contribution in [3.8, 4) is 17.2 Å². The number of sulfonamides is 1. The molecule has 0 unspecified atom stereocenters. The molecule has 0 spiro atoms. The van der Waals surface area contributed by atoms with E-state index in [4.69, 9.17) is 9.47 Å². The number of hydrogen-bond donors (Lipinski definition) is 0. The van der Waals surface area contributed by atoms with Gasteiger partial charge in [-0.25, -0.2) is 22.8 Å². The first kappa shape index (κ1) is 22.9. The van der Waals surface area contributed by atoms with Crippen molar-refractivity contribution in [3.63, 3.8) is 0 Å². The molecule has 4 aromatic rings. The van der Waals surface area contributed by atoms with Gasteiger partial charge in [0.05, 0.1) is 19.9 Å². The maximum atomic E-state index is 13.7. The Labute approximate surface area is 200 Å². The summed E-state index contributed by atoms with van der Waals surface area (Å²) in [4.78, 5) is 10.6. The highest BCUT2D eigenvalue weighted by atomic mass is 32.2. The van der Waals surface area contributed by atoms with Crippen molar-refractivity contribution >= 4 is 27.0 Å². The van der Waals surface area contributed by atoms with Crippen LogP contribution in [0.15, 0.2) is 53.7 Å². The monoisotopic (exact) mass is 499 g/mol. The maximum Gasteiger partial charge on any atom is 0.247 e. The molecular formula is C22H22FN7O4S. The summed E-state index contributed by atoms with van der Waals surface area (Å²) in [5.41, 5.74) is 1.36. The topological polar surface area (TPSA) is 116 Å². The van der Waals surface area contributed by atoms with E-state index < -0.39 is 15.8 Å². The molecule has 0 radical (unpaired) electrons. The molecule has 1 aliphatic heterocycles. The number of aromatic nitrogens is 5. The van der Waals surface area contributed by atoms with E-state index in [1.807, 2.05) is 4.90 Å². The Bertz CT molecular complexity index is 1490. The number of methoxy groups -OCH3 is 2. The average molecular weight is 500 g/mol. The fourth-order valence-corrected chi connectivity index (χ4v) is 5.61. The number of piperazine rings is 1. The summed E-state index contributed by atoms with van der Waals surface area (Å²) in [5, 5.41) is 8.35. The molecule has 35 heavy (non-hydrogen) atoms. The maximum absolute atomic E-state index is 13.7. The standard InChI is InChI=1S/C22H22FN7O4S/c1-33-17-6-7-18(34-2)19(13-17)35(31,32)29-10-8-28(9-11-29)21-20-22(25-14-24-21)30(27-26-20)16-5-3-4-15(23)12-16/h3-7,12-14H,8-11H2,1-2H3. The smallest absolute Gasteiger partial charge is 0.247 e. The minimum atomic E-state index is -3.82. The number of halogens is 1. The van der Waals surface area contributed by atoms with Gasteiger partial charge in [-0.15, -0.1) is 5.10 Å². The summed E-state index contributed by atoms with van der Waals surface area (Å²) in [6.07, 6.45) is 1.39. The first-order valence-electron chi connectivity index (χ1n) is 10.7. The molecule has 0 bridgehead atoms. The quantitative estimate of drug-likeness (QED) is 0.392.